The van der Waals surface area contributed by atoms with E-state index in [4.69, 9.17) is 4.98 Å². The van der Waals surface area contributed by atoms with Crippen LogP contribution >= 0.6 is 0 Å². The fraction of sp³-hybridized carbons (Fsp3) is 0.267. The summed E-state index contributed by atoms with van der Waals surface area (Å²) in [7, 11) is 2.12. The zero-order valence-corrected chi connectivity index (χ0v) is 20.1. The van der Waals surface area contributed by atoms with Crippen molar-refractivity contribution in [3.05, 3.63) is 130 Å². The molecule has 32 heavy (non-hydrogen) atoms. The van der Waals surface area contributed by atoms with Crippen molar-refractivity contribution in [2.24, 2.45) is 7.05 Å². The van der Waals surface area contributed by atoms with Crippen molar-refractivity contribution in [2.75, 3.05) is 0 Å². The predicted molar refractivity (Wildman–Crippen MR) is 132 cm³/mol. The monoisotopic (exact) mass is 421 g/mol. The van der Waals surface area contributed by atoms with E-state index < -0.39 is 0 Å². The Kier molecular flexibility index (Phi) is 5.73. The fourth-order valence-electron chi connectivity index (χ4n) is 5.06. The minimum absolute atomic E-state index is 0.202. The van der Waals surface area contributed by atoms with Gasteiger partial charge < -0.3 is 0 Å². The van der Waals surface area contributed by atoms with E-state index in [0.29, 0.717) is 0 Å². The van der Waals surface area contributed by atoms with Crippen LogP contribution in [0.4, 0.5) is 0 Å². The largest absolute Gasteiger partial charge is 0.255 e. The molecule has 0 fully saturated rings. The Hall–Kier alpha value is -3.26. The Morgan fingerprint density at radius 1 is 0.625 bits per heavy atom. The number of aromatic nitrogens is 2. The zero-order chi connectivity index (χ0) is 22.9. The number of hydrogen-bond acceptors (Lipinski definition) is 1. The summed E-state index contributed by atoms with van der Waals surface area (Å²) in [5.74, 6) is 0. The second kappa shape index (κ2) is 8.35. The highest BCUT2D eigenvalue weighted by Crippen LogP contribution is 2.39. The summed E-state index contributed by atoms with van der Waals surface area (Å²) < 4.78 is 2.22. The number of rotatable bonds is 5. The van der Waals surface area contributed by atoms with E-state index in [1.165, 1.54) is 27.9 Å². The van der Waals surface area contributed by atoms with Crippen molar-refractivity contribution < 1.29 is 4.57 Å². The first-order valence-corrected chi connectivity index (χ1v) is 11.3. The normalized spacial score (nSPS) is 13.6. The molecule has 1 atom stereocenters. The van der Waals surface area contributed by atoms with E-state index in [2.05, 4.69) is 137 Å². The molecule has 0 saturated carbocycles. The molecule has 0 radical (unpaired) electrons. The van der Waals surface area contributed by atoms with Gasteiger partial charge in [-0.15, -0.1) is 0 Å². The first-order chi connectivity index (χ1) is 15.3. The van der Waals surface area contributed by atoms with E-state index in [1.807, 2.05) is 0 Å². The number of benzene rings is 2. The maximum Gasteiger partial charge on any atom is 0.197 e. The van der Waals surface area contributed by atoms with Crippen LogP contribution in [0.5, 0.6) is 0 Å². The van der Waals surface area contributed by atoms with Crippen LogP contribution in [-0.2, 0) is 17.9 Å². The lowest BCUT2D eigenvalue weighted by Crippen LogP contribution is -2.43. The summed E-state index contributed by atoms with van der Waals surface area (Å²) in [6.07, 6.45) is 2.12. The van der Waals surface area contributed by atoms with Crippen LogP contribution in [0.15, 0.2) is 91.1 Å². The number of hydrogen-bond donors (Lipinski definition) is 0. The quantitative estimate of drug-likeness (QED) is 0.350. The maximum absolute atomic E-state index is 5.36. The van der Waals surface area contributed by atoms with Gasteiger partial charge in [0.2, 0.25) is 0 Å². The van der Waals surface area contributed by atoms with Gasteiger partial charge in [0.25, 0.3) is 0 Å². The average Bonchev–Trinajstić information content (AvgIpc) is 2.79. The number of aryl methyl sites for hydroxylation is 3. The molecule has 2 nitrogen and oxygen atoms in total. The fourth-order valence-corrected chi connectivity index (χ4v) is 5.06. The topological polar surface area (TPSA) is 16.8 Å². The summed E-state index contributed by atoms with van der Waals surface area (Å²) in [5.41, 5.74) is 7.92. The third-order valence-corrected chi connectivity index (χ3v) is 6.97. The Morgan fingerprint density at radius 2 is 1.19 bits per heavy atom. The molecular weight excluding hydrogens is 388 g/mol. The van der Waals surface area contributed by atoms with Gasteiger partial charge in [0.05, 0.1) is 11.4 Å². The van der Waals surface area contributed by atoms with E-state index in [0.717, 1.165) is 11.4 Å². The van der Waals surface area contributed by atoms with Gasteiger partial charge in [-0.3, -0.25) is 4.98 Å². The zero-order valence-electron chi connectivity index (χ0n) is 20.1. The van der Waals surface area contributed by atoms with Gasteiger partial charge in [-0.05, 0) is 55.2 Å². The molecule has 2 aromatic heterocycles. The van der Waals surface area contributed by atoms with Crippen molar-refractivity contribution in [2.45, 2.75) is 45.4 Å². The number of nitrogens with zero attached hydrogens (tertiary/aromatic N) is 2. The highest BCUT2D eigenvalue weighted by molar-refractivity contribution is 5.48. The van der Waals surface area contributed by atoms with Crippen LogP contribution < -0.4 is 4.57 Å². The molecule has 1 unspecified atom stereocenters. The molecule has 4 rings (SSSR count). The lowest BCUT2D eigenvalue weighted by atomic mass is 9.73. The van der Waals surface area contributed by atoms with Gasteiger partial charge in [-0.1, -0.05) is 74.5 Å². The minimum atomic E-state index is -0.390. The van der Waals surface area contributed by atoms with Crippen LogP contribution in [0.3, 0.4) is 0 Å². The summed E-state index contributed by atoms with van der Waals surface area (Å²) >= 11 is 0. The summed E-state index contributed by atoms with van der Waals surface area (Å²) in [4.78, 5) is 5.36. The van der Waals surface area contributed by atoms with Crippen LogP contribution in [0.2, 0.25) is 0 Å². The molecule has 4 aromatic rings. The summed E-state index contributed by atoms with van der Waals surface area (Å²) in [6, 6.07) is 30.2. The van der Waals surface area contributed by atoms with Gasteiger partial charge >= 0.3 is 0 Å². The Morgan fingerprint density at radius 3 is 1.81 bits per heavy atom. The van der Waals surface area contributed by atoms with Crippen LogP contribution in [0.1, 0.15) is 60.1 Å². The highest BCUT2D eigenvalue weighted by atomic mass is 14.9. The smallest absolute Gasteiger partial charge is 0.197 e. The Labute approximate surface area is 192 Å². The van der Waals surface area contributed by atoms with E-state index >= 15 is 0 Å². The van der Waals surface area contributed by atoms with Gasteiger partial charge in [-0.25, -0.2) is 4.57 Å². The van der Waals surface area contributed by atoms with Crippen molar-refractivity contribution in [1.29, 1.82) is 0 Å². The number of pyridine rings is 2. The first-order valence-electron chi connectivity index (χ1n) is 11.3. The molecular formula is C30H33N2+. The Bertz CT molecular complexity index is 1210. The molecule has 0 spiro atoms. The van der Waals surface area contributed by atoms with E-state index in [1.54, 1.807) is 0 Å². The molecule has 0 bridgehead atoms. The molecule has 0 aliphatic carbocycles. The third-order valence-electron chi connectivity index (χ3n) is 6.97. The van der Waals surface area contributed by atoms with Gasteiger partial charge in [0.15, 0.2) is 11.9 Å². The predicted octanol–water partition coefficient (Wildman–Crippen LogP) is 6.20. The minimum Gasteiger partial charge on any atom is -0.255 e. The molecule has 0 saturated heterocycles. The van der Waals surface area contributed by atoms with Crippen molar-refractivity contribution in [3.63, 3.8) is 0 Å². The average molecular weight is 422 g/mol. The van der Waals surface area contributed by atoms with Crippen LogP contribution in [0.25, 0.3) is 0 Å². The Balaban J connectivity index is 1.96. The lowest BCUT2D eigenvalue weighted by Gasteiger charge is -2.32. The van der Waals surface area contributed by atoms with Crippen LogP contribution in [0, 0.1) is 13.8 Å². The summed E-state index contributed by atoms with van der Waals surface area (Å²) in [5, 5.41) is 0. The first kappa shape index (κ1) is 22.0. The molecule has 2 heterocycles. The van der Waals surface area contributed by atoms with Crippen molar-refractivity contribution >= 4 is 0 Å². The maximum atomic E-state index is 5.36. The second-order valence-electron chi connectivity index (χ2n) is 9.48. The van der Waals surface area contributed by atoms with Crippen molar-refractivity contribution in [1.82, 2.24) is 4.98 Å². The van der Waals surface area contributed by atoms with E-state index in [-0.39, 0.29) is 10.8 Å². The third kappa shape index (κ3) is 3.64. The van der Waals surface area contributed by atoms with Gasteiger partial charge in [0.1, 0.15) is 12.5 Å². The van der Waals surface area contributed by atoms with Gasteiger partial charge in [0, 0.05) is 17.5 Å². The molecule has 0 amide bonds. The molecule has 2 heteroatoms. The highest BCUT2D eigenvalue weighted by Gasteiger charge is 2.41. The summed E-state index contributed by atoms with van der Waals surface area (Å²) in [6.45, 7) is 11.2. The molecule has 2 aromatic carbocycles. The SMILES string of the molecule is Cc1ccccc1C(C)(C)c1cccc(C(C)(c2ccccc2C)c2cccc[n+]2C)n1. The molecule has 0 aliphatic rings. The molecule has 0 aliphatic heterocycles. The second-order valence-corrected chi connectivity index (χ2v) is 9.48. The van der Waals surface area contributed by atoms with Gasteiger partial charge in [-0.2, -0.15) is 0 Å². The molecule has 162 valence electrons. The standard InChI is InChI=1S/C30H33N2/c1-22-14-7-9-16-24(22)29(3,4)26-18-13-19-27(31-26)30(5,25-17-10-8-15-23(25)2)28-20-11-12-21-32(28)6/h7-21H,1-6H3/q+1. The molecule has 0 N–H and O–H groups in total. The lowest BCUT2D eigenvalue weighted by molar-refractivity contribution is -0.681. The van der Waals surface area contributed by atoms with Crippen molar-refractivity contribution in [3.8, 4) is 0 Å². The van der Waals surface area contributed by atoms with E-state index in [9.17, 15) is 0 Å². The van der Waals surface area contributed by atoms with Crippen LogP contribution in [-0.4, -0.2) is 4.98 Å².